The van der Waals surface area contributed by atoms with Crippen molar-refractivity contribution in [3.8, 4) is 0 Å². The van der Waals surface area contributed by atoms with Gasteiger partial charge in [0, 0.05) is 6.54 Å². The second-order valence-corrected chi connectivity index (χ2v) is 3.98. The van der Waals surface area contributed by atoms with E-state index in [1.54, 1.807) is 6.92 Å². The third-order valence-electron chi connectivity index (χ3n) is 2.13. The maximum atomic E-state index is 13.4. The highest BCUT2D eigenvalue weighted by molar-refractivity contribution is 5.51. The molecule has 19 heavy (non-hydrogen) atoms. The van der Waals surface area contributed by atoms with Gasteiger partial charge >= 0.3 is 0 Å². The molecule has 0 bridgehead atoms. The molecular weight excluding hydrogens is 258 g/mol. The summed E-state index contributed by atoms with van der Waals surface area (Å²) in [5.74, 6) is -2.02. The number of hydrogen-bond donors (Lipinski definition) is 1. The largest absolute Gasteiger partial charge is 0.378 e. The van der Waals surface area contributed by atoms with E-state index in [4.69, 9.17) is 4.74 Å². The van der Waals surface area contributed by atoms with Gasteiger partial charge in [-0.3, -0.25) is 10.1 Å². The smallest absolute Gasteiger partial charge is 0.275 e. The Morgan fingerprint density at radius 2 is 2.05 bits per heavy atom. The van der Waals surface area contributed by atoms with Crippen molar-refractivity contribution in [2.45, 2.75) is 6.92 Å². The summed E-state index contributed by atoms with van der Waals surface area (Å²) in [6.07, 6.45) is 0. The van der Waals surface area contributed by atoms with Crippen LogP contribution < -0.4 is 5.32 Å². The van der Waals surface area contributed by atoms with Gasteiger partial charge in [0.15, 0.2) is 11.6 Å². The topological polar surface area (TPSA) is 64.4 Å². The molecule has 7 heteroatoms. The quantitative estimate of drug-likeness (QED) is 0.359. The molecule has 0 aromatic heterocycles. The van der Waals surface area contributed by atoms with Crippen LogP contribution in [0.4, 0.5) is 20.2 Å². The first-order valence-corrected chi connectivity index (χ1v) is 5.51. The lowest BCUT2D eigenvalue weighted by Gasteiger charge is -2.09. The molecule has 1 N–H and O–H groups in total. The van der Waals surface area contributed by atoms with E-state index in [-0.39, 0.29) is 13.2 Å². The van der Waals surface area contributed by atoms with E-state index in [0.717, 1.165) is 5.57 Å². The Hall–Kier alpha value is -2.02. The predicted molar refractivity (Wildman–Crippen MR) is 67.1 cm³/mol. The molecule has 0 radical (unpaired) electrons. The van der Waals surface area contributed by atoms with Gasteiger partial charge in [0.1, 0.15) is 5.69 Å². The average molecular weight is 272 g/mol. The van der Waals surface area contributed by atoms with E-state index in [1.165, 1.54) is 0 Å². The molecule has 0 amide bonds. The molecule has 0 aliphatic heterocycles. The van der Waals surface area contributed by atoms with E-state index >= 15 is 0 Å². The molecule has 0 aliphatic carbocycles. The Bertz CT molecular complexity index is 469. The summed E-state index contributed by atoms with van der Waals surface area (Å²) in [5, 5.41) is 12.9. The maximum absolute atomic E-state index is 13.4. The molecule has 0 saturated carbocycles. The van der Waals surface area contributed by atoms with E-state index < -0.39 is 27.9 Å². The van der Waals surface area contributed by atoms with Crippen molar-refractivity contribution >= 4 is 11.4 Å². The molecule has 0 heterocycles. The summed E-state index contributed by atoms with van der Waals surface area (Å²) in [5.41, 5.74) is -0.184. The third kappa shape index (κ3) is 4.63. The van der Waals surface area contributed by atoms with Crippen molar-refractivity contribution in [1.29, 1.82) is 0 Å². The molecule has 104 valence electrons. The highest BCUT2D eigenvalue weighted by Crippen LogP contribution is 2.24. The minimum absolute atomic E-state index is 0.179. The van der Waals surface area contributed by atoms with Crippen molar-refractivity contribution in [1.82, 2.24) is 0 Å². The zero-order chi connectivity index (χ0) is 14.4. The fourth-order valence-corrected chi connectivity index (χ4v) is 1.33. The number of ether oxygens (including phenoxy) is 1. The van der Waals surface area contributed by atoms with Crippen LogP contribution in [0.15, 0.2) is 24.3 Å². The highest BCUT2D eigenvalue weighted by atomic mass is 19.1. The Morgan fingerprint density at radius 3 is 2.53 bits per heavy atom. The van der Waals surface area contributed by atoms with Gasteiger partial charge in [-0.2, -0.15) is 0 Å². The first-order chi connectivity index (χ1) is 8.91. The van der Waals surface area contributed by atoms with Crippen LogP contribution in [0.2, 0.25) is 0 Å². The summed E-state index contributed by atoms with van der Waals surface area (Å²) >= 11 is 0. The van der Waals surface area contributed by atoms with Gasteiger partial charge in [0.25, 0.3) is 5.69 Å². The first-order valence-electron chi connectivity index (χ1n) is 5.51. The Morgan fingerprint density at radius 1 is 1.47 bits per heavy atom. The number of anilines is 1. The van der Waals surface area contributed by atoms with E-state index in [0.29, 0.717) is 18.7 Å². The average Bonchev–Trinajstić information content (AvgIpc) is 2.30. The van der Waals surface area contributed by atoms with Gasteiger partial charge in [-0.05, 0) is 6.92 Å². The van der Waals surface area contributed by atoms with Crippen LogP contribution in [-0.2, 0) is 4.74 Å². The van der Waals surface area contributed by atoms with E-state index in [1.807, 2.05) is 0 Å². The van der Waals surface area contributed by atoms with Crippen LogP contribution in [0.3, 0.4) is 0 Å². The fraction of sp³-hybridized carbons (Fsp3) is 0.333. The van der Waals surface area contributed by atoms with E-state index in [9.17, 15) is 18.9 Å². The van der Waals surface area contributed by atoms with Crippen LogP contribution in [0.1, 0.15) is 6.92 Å². The number of nitrogens with zero attached hydrogens (tertiary/aromatic N) is 1. The fourth-order valence-electron chi connectivity index (χ4n) is 1.33. The van der Waals surface area contributed by atoms with Gasteiger partial charge in [-0.1, -0.05) is 12.2 Å². The second-order valence-electron chi connectivity index (χ2n) is 3.98. The number of rotatable bonds is 7. The van der Waals surface area contributed by atoms with Gasteiger partial charge in [-0.25, -0.2) is 8.78 Å². The number of halogens is 2. The van der Waals surface area contributed by atoms with Crippen molar-refractivity contribution in [3.63, 3.8) is 0 Å². The molecule has 0 spiro atoms. The van der Waals surface area contributed by atoms with Crippen molar-refractivity contribution in [3.05, 3.63) is 46.0 Å². The second kappa shape index (κ2) is 6.79. The Kier molecular flexibility index (Phi) is 5.37. The number of hydrogen-bond acceptors (Lipinski definition) is 4. The van der Waals surface area contributed by atoms with Crippen molar-refractivity contribution in [2.24, 2.45) is 0 Å². The molecule has 0 aliphatic rings. The molecular formula is C12H14F2N2O3. The molecule has 0 fully saturated rings. The monoisotopic (exact) mass is 272 g/mol. The van der Waals surface area contributed by atoms with Crippen LogP contribution >= 0.6 is 0 Å². The first kappa shape index (κ1) is 15.0. The normalized spacial score (nSPS) is 10.3. The number of nitro benzene ring substituents is 1. The molecule has 5 nitrogen and oxygen atoms in total. The summed E-state index contributed by atoms with van der Waals surface area (Å²) < 4.78 is 32.0. The SMILES string of the molecule is C=C(C)COCCNc1c(F)cc([N+](=O)[O-])cc1F. The molecule has 1 rings (SSSR count). The minimum Gasteiger partial charge on any atom is -0.378 e. The lowest BCUT2D eigenvalue weighted by molar-refractivity contribution is -0.385. The highest BCUT2D eigenvalue weighted by Gasteiger charge is 2.16. The number of non-ortho nitro benzene ring substituents is 1. The number of nitro groups is 1. The summed E-state index contributed by atoms with van der Waals surface area (Å²) in [4.78, 5) is 9.55. The minimum atomic E-state index is -1.01. The van der Waals surface area contributed by atoms with Crippen LogP contribution in [-0.4, -0.2) is 24.7 Å². The van der Waals surface area contributed by atoms with Gasteiger partial charge in [0.05, 0.1) is 30.3 Å². The van der Waals surface area contributed by atoms with Gasteiger partial charge in [0.2, 0.25) is 0 Å². The summed E-state index contributed by atoms with van der Waals surface area (Å²) in [6, 6.07) is 1.33. The zero-order valence-electron chi connectivity index (χ0n) is 10.4. The molecule has 0 unspecified atom stereocenters. The van der Waals surface area contributed by atoms with E-state index in [2.05, 4.69) is 11.9 Å². The molecule has 0 saturated heterocycles. The third-order valence-corrected chi connectivity index (χ3v) is 2.13. The van der Waals surface area contributed by atoms with Crippen LogP contribution in [0, 0.1) is 21.7 Å². The number of benzene rings is 1. The maximum Gasteiger partial charge on any atom is 0.275 e. The molecule has 0 atom stereocenters. The Balaban J connectivity index is 2.59. The standard InChI is InChI=1S/C12H14F2N2O3/c1-8(2)7-19-4-3-15-12-10(13)5-9(16(17)18)6-11(12)14/h5-6,15H,1,3-4,7H2,2H3. The predicted octanol–water partition coefficient (Wildman–Crippen LogP) is 2.88. The number of nitrogens with one attached hydrogen (secondary N) is 1. The Labute approximate surface area is 109 Å². The summed E-state index contributed by atoms with van der Waals surface area (Å²) in [6.45, 7) is 6.22. The van der Waals surface area contributed by atoms with Crippen molar-refractivity contribution in [2.75, 3.05) is 25.1 Å². The zero-order valence-corrected chi connectivity index (χ0v) is 10.4. The summed E-state index contributed by atoms with van der Waals surface area (Å²) in [7, 11) is 0. The van der Waals surface area contributed by atoms with Gasteiger partial charge in [-0.15, -0.1) is 0 Å². The molecule has 1 aromatic carbocycles. The van der Waals surface area contributed by atoms with Crippen LogP contribution in [0.5, 0.6) is 0 Å². The van der Waals surface area contributed by atoms with Crippen molar-refractivity contribution < 1.29 is 18.4 Å². The lowest BCUT2D eigenvalue weighted by atomic mass is 10.2. The van der Waals surface area contributed by atoms with Gasteiger partial charge < -0.3 is 10.1 Å². The molecule has 1 aromatic rings. The lowest BCUT2D eigenvalue weighted by Crippen LogP contribution is -2.12. The van der Waals surface area contributed by atoms with Crippen LogP contribution in [0.25, 0.3) is 0 Å².